The molecule has 1 aromatic heterocycles. The Labute approximate surface area is 186 Å². The maximum Gasteiger partial charge on any atom is 0.254 e. The number of ether oxygens (including phenoxy) is 4. The largest absolute Gasteiger partial charge is 0.493 e. The molecule has 32 heavy (non-hydrogen) atoms. The van der Waals surface area contributed by atoms with Crippen LogP contribution in [0.2, 0.25) is 0 Å². The molecule has 0 aliphatic carbocycles. The second-order valence-corrected chi connectivity index (χ2v) is 7.18. The molecule has 0 radical (unpaired) electrons. The summed E-state index contributed by atoms with van der Waals surface area (Å²) in [5.74, 6) is 2.72. The number of hydrogen-bond donors (Lipinski definition) is 0. The van der Waals surface area contributed by atoms with Crippen molar-refractivity contribution in [3.63, 3.8) is 0 Å². The Balaban J connectivity index is 1.83. The van der Waals surface area contributed by atoms with Gasteiger partial charge in [-0.25, -0.2) is 0 Å². The number of hydrogen-bond acceptors (Lipinski definition) is 8. The molecule has 2 aromatic carbocycles. The molecule has 0 atom stereocenters. The van der Waals surface area contributed by atoms with Crippen LogP contribution in [0.15, 0.2) is 40.9 Å². The van der Waals surface area contributed by atoms with Gasteiger partial charge in [-0.1, -0.05) is 5.16 Å². The fourth-order valence-corrected chi connectivity index (χ4v) is 3.18. The van der Waals surface area contributed by atoms with Crippen molar-refractivity contribution in [2.24, 2.45) is 0 Å². The number of methoxy groups -OCH3 is 4. The average molecular weight is 441 g/mol. The Morgan fingerprint density at radius 2 is 1.50 bits per heavy atom. The van der Waals surface area contributed by atoms with E-state index < -0.39 is 0 Å². The summed E-state index contributed by atoms with van der Waals surface area (Å²) in [5, 5.41) is 4.05. The van der Waals surface area contributed by atoms with Crippen LogP contribution in [0.3, 0.4) is 0 Å². The van der Waals surface area contributed by atoms with E-state index in [0.29, 0.717) is 45.8 Å². The maximum absolute atomic E-state index is 13.2. The molecular weight excluding hydrogens is 414 g/mol. The predicted octanol–water partition coefficient (Wildman–Crippen LogP) is 3.82. The zero-order valence-corrected chi connectivity index (χ0v) is 19.0. The monoisotopic (exact) mass is 441 g/mol. The average Bonchev–Trinajstić information content (AvgIpc) is 3.29. The standard InChI is InChI=1S/C23H27N3O6/c1-14(2)26(23(27)16-8-10-18(29-4)20(12-16)31-6)13-21-24-22(25-32-21)15-7-9-17(28-3)19(11-15)30-5/h7-12,14H,13H2,1-6H3. The van der Waals surface area contributed by atoms with Crippen molar-refractivity contribution in [1.29, 1.82) is 0 Å². The lowest BCUT2D eigenvalue weighted by Gasteiger charge is -2.25. The van der Waals surface area contributed by atoms with Crippen molar-refractivity contribution in [3.05, 3.63) is 47.9 Å². The number of rotatable bonds is 9. The van der Waals surface area contributed by atoms with Gasteiger partial charge in [-0.3, -0.25) is 4.79 Å². The van der Waals surface area contributed by atoms with Crippen LogP contribution in [-0.4, -0.2) is 55.4 Å². The fraction of sp³-hybridized carbons (Fsp3) is 0.348. The first-order chi connectivity index (χ1) is 15.4. The summed E-state index contributed by atoms with van der Waals surface area (Å²) in [6.07, 6.45) is 0. The summed E-state index contributed by atoms with van der Waals surface area (Å²) in [7, 11) is 6.20. The van der Waals surface area contributed by atoms with Crippen molar-refractivity contribution in [3.8, 4) is 34.4 Å². The predicted molar refractivity (Wildman–Crippen MR) is 117 cm³/mol. The highest BCUT2D eigenvalue weighted by Gasteiger charge is 2.23. The van der Waals surface area contributed by atoms with Gasteiger partial charge in [0.05, 0.1) is 28.4 Å². The molecule has 9 heteroatoms. The van der Waals surface area contributed by atoms with Crippen LogP contribution < -0.4 is 18.9 Å². The molecule has 9 nitrogen and oxygen atoms in total. The summed E-state index contributed by atoms with van der Waals surface area (Å²) in [6.45, 7) is 4.00. The Bertz CT molecular complexity index is 1080. The van der Waals surface area contributed by atoms with E-state index in [1.54, 1.807) is 56.6 Å². The van der Waals surface area contributed by atoms with Gasteiger partial charge in [-0.15, -0.1) is 0 Å². The summed E-state index contributed by atoms with van der Waals surface area (Å²) in [6, 6.07) is 10.3. The van der Waals surface area contributed by atoms with Crippen molar-refractivity contribution >= 4 is 5.91 Å². The Morgan fingerprint density at radius 1 is 0.906 bits per heavy atom. The Hall–Kier alpha value is -3.75. The SMILES string of the molecule is COc1ccc(C(=O)N(Cc2nc(-c3ccc(OC)c(OC)c3)no2)C(C)C)cc1OC. The zero-order chi connectivity index (χ0) is 23.3. The highest BCUT2D eigenvalue weighted by Crippen LogP contribution is 2.31. The van der Waals surface area contributed by atoms with Gasteiger partial charge in [0.1, 0.15) is 6.54 Å². The lowest BCUT2D eigenvalue weighted by atomic mass is 10.1. The topological polar surface area (TPSA) is 96.2 Å². The number of benzene rings is 2. The van der Waals surface area contributed by atoms with Gasteiger partial charge >= 0.3 is 0 Å². The molecule has 0 bridgehead atoms. The van der Waals surface area contributed by atoms with E-state index >= 15 is 0 Å². The molecule has 0 unspecified atom stereocenters. The molecule has 170 valence electrons. The third kappa shape index (κ3) is 4.77. The van der Waals surface area contributed by atoms with Crippen LogP contribution in [0.4, 0.5) is 0 Å². The normalized spacial score (nSPS) is 10.7. The van der Waals surface area contributed by atoms with Gasteiger partial charge in [0.2, 0.25) is 11.7 Å². The first kappa shape index (κ1) is 22.9. The zero-order valence-electron chi connectivity index (χ0n) is 19.0. The second-order valence-electron chi connectivity index (χ2n) is 7.18. The van der Waals surface area contributed by atoms with Crippen LogP contribution in [0.1, 0.15) is 30.1 Å². The van der Waals surface area contributed by atoms with Crippen molar-refractivity contribution < 1.29 is 28.3 Å². The van der Waals surface area contributed by atoms with Crippen molar-refractivity contribution in [1.82, 2.24) is 15.0 Å². The van der Waals surface area contributed by atoms with E-state index in [4.69, 9.17) is 23.5 Å². The van der Waals surface area contributed by atoms with E-state index in [9.17, 15) is 4.79 Å². The third-order valence-electron chi connectivity index (χ3n) is 4.93. The molecule has 3 rings (SSSR count). The van der Waals surface area contributed by atoms with E-state index in [1.165, 1.54) is 7.11 Å². The molecule has 1 heterocycles. The van der Waals surface area contributed by atoms with Gasteiger partial charge in [-0.05, 0) is 50.2 Å². The molecule has 0 aliphatic heterocycles. The molecule has 0 saturated heterocycles. The number of carbonyl (C=O) groups excluding carboxylic acids is 1. The molecule has 0 fully saturated rings. The van der Waals surface area contributed by atoms with Crippen LogP contribution in [-0.2, 0) is 6.54 Å². The van der Waals surface area contributed by atoms with E-state index in [0.717, 1.165) is 0 Å². The summed E-state index contributed by atoms with van der Waals surface area (Å²) in [4.78, 5) is 19.3. The van der Waals surface area contributed by atoms with Gasteiger partial charge in [0.15, 0.2) is 23.0 Å². The van der Waals surface area contributed by atoms with E-state index in [2.05, 4.69) is 10.1 Å². The highest BCUT2D eigenvalue weighted by atomic mass is 16.5. The number of nitrogens with zero attached hydrogens (tertiary/aromatic N) is 3. The second kappa shape index (κ2) is 10.0. The van der Waals surface area contributed by atoms with Crippen LogP contribution in [0, 0.1) is 0 Å². The van der Waals surface area contributed by atoms with Gasteiger partial charge in [0, 0.05) is 17.2 Å². The first-order valence-corrected chi connectivity index (χ1v) is 9.99. The van der Waals surface area contributed by atoms with Gasteiger partial charge in [-0.2, -0.15) is 4.98 Å². The number of amides is 1. The Morgan fingerprint density at radius 3 is 2.09 bits per heavy atom. The number of carbonyl (C=O) groups is 1. The summed E-state index contributed by atoms with van der Waals surface area (Å²) >= 11 is 0. The molecule has 0 N–H and O–H groups in total. The van der Waals surface area contributed by atoms with Crippen molar-refractivity contribution in [2.45, 2.75) is 26.4 Å². The van der Waals surface area contributed by atoms with Gasteiger partial charge in [0.25, 0.3) is 5.91 Å². The van der Waals surface area contributed by atoms with E-state index in [-0.39, 0.29) is 18.5 Å². The third-order valence-corrected chi connectivity index (χ3v) is 4.93. The molecule has 0 aliphatic rings. The smallest absolute Gasteiger partial charge is 0.254 e. The molecule has 3 aromatic rings. The van der Waals surface area contributed by atoms with Crippen LogP contribution >= 0.6 is 0 Å². The van der Waals surface area contributed by atoms with Gasteiger partial charge < -0.3 is 28.4 Å². The van der Waals surface area contributed by atoms with Crippen LogP contribution in [0.25, 0.3) is 11.4 Å². The van der Waals surface area contributed by atoms with Crippen LogP contribution in [0.5, 0.6) is 23.0 Å². The summed E-state index contributed by atoms with van der Waals surface area (Å²) < 4.78 is 26.6. The minimum atomic E-state index is -0.188. The lowest BCUT2D eigenvalue weighted by molar-refractivity contribution is 0.0667. The van der Waals surface area contributed by atoms with Crippen molar-refractivity contribution in [2.75, 3.05) is 28.4 Å². The highest BCUT2D eigenvalue weighted by molar-refractivity contribution is 5.95. The molecular formula is C23H27N3O6. The minimum absolute atomic E-state index is 0.105. The Kier molecular flexibility index (Phi) is 7.19. The fourth-order valence-electron chi connectivity index (χ4n) is 3.18. The quantitative estimate of drug-likeness (QED) is 0.494. The molecule has 0 saturated carbocycles. The maximum atomic E-state index is 13.2. The molecule has 1 amide bonds. The van der Waals surface area contributed by atoms with E-state index in [1.807, 2.05) is 19.9 Å². The minimum Gasteiger partial charge on any atom is -0.493 e. The lowest BCUT2D eigenvalue weighted by Crippen LogP contribution is -2.36. The molecule has 0 spiro atoms. The summed E-state index contributed by atoms with van der Waals surface area (Å²) in [5.41, 5.74) is 1.18. The number of aromatic nitrogens is 2. The first-order valence-electron chi connectivity index (χ1n) is 9.99.